The van der Waals surface area contributed by atoms with Crippen LogP contribution >= 0.6 is 23.1 Å². The van der Waals surface area contributed by atoms with E-state index in [1.807, 2.05) is 24.1 Å². The lowest BCUT2D eigenvalue weighted by Crippen LogP contribution is -2.23. The highest BCUT2D eigenvalue weighted by Gasteiger charge is 2.29. The lowest BCUT2D eigenvalue weighted by molar-refractivity contribution is -0.129. The summed E-state index contributed by atoms with van der Waals surface area (Å²) in [5.74, 6) is 1.13. The second-order valence-corrected chi connectivity index (χ2v) is 7.22. The van der Waals surface area contributed by atoms with Crippen LogP contribution in [-0.4, -0.2) is 44.8 Å². The van der Waals surface area contributed by atoms with Crippen LogP contribution in [0, 0.1) is 5.92 Å². The number of aromatic nitrogens is 3. The highest BCUT2D eigenvalue weighted by atomic mass is 32.2. The molecule has 0 radical (unpaired) electrons. The number of para-hydroxylation sites is 1. The second kappa shape index (κ2) is 4.99. The Balaban J connectivity index is 1.63. The average molecular weight is 318 g/mol. The molecule has 2 aromatic heterocycles. The van der Waals surface area contributed by atoms with Crippen molar-refractivity contribution in [2.45, 2.75) is 11.6 Å². The predicted octanol–water partition coefficient (Wildman–Crippen LogP) is 2.51. The van der Waals surface area contributed by atoms with Crippen molar-refractivity contribution in [1.29, 1.82) is 0 Å². The summed E-state index contributed by atoms with van der Waals surface area (Å²) in [6.45, 7) is 0.862. The number of amides is 1. The molecule has 7 heteroatoms. The number of hydrogen-bond donors (Lipinski definition) is 0. The van der Waals surface area contributed by atoms with E-state index >= 15 is 0 Å². The standard InChI is InChI=1S/C14H14N4OS2/c1-17-7-6-9(12(17)19)8-20-13-15-16-14-18(13)10-4-2-3-5-11(10)21-14/h2-5,9H,6-8H2,1H3. The number of thioether (sulfide) groups is 1. The molecule has 0 spiro atoms. The number of carbonyl (C=O) groups is 1. The molecule has 0 aliphatic carbocycles. The number of nitrogens with zero attached hydrogens (tertiary/aromatic N) is 4. The van der Waals surface area contributed by atoms with E-state index in [2.05, 4.69) is 26.7 Å². The van der Waals surface area contributed by atoms with Gasteiger partial charge >= 0.3 is 0 Å². The Labute approximate surface area is 130 Å². The van der Waals surface area contributed by atoms with Gasteiger partial charge in [0.15, 0.2) is 5.16 Å². The van der Waals surface area contributed by atoms with Gasteiger partial charge < -0.3 is 4.90 Å². The summed E-state index contributed by atoms with van der Waals surface area (Å²) in [5, 5.41) is 9.40. The zero-order valence-electron chi connectivity index (χ0n) is 11.5. The predicted molar refractivity (Wildman–Crippen MR) is 84.8 cm³/mol. The molecule has 4 rings (SSSR count). The van der Waals surface area contributed by atoms with Crippen LogP contribution in [0.25, 0.3) is 15.2 Å². The molecule has 1 amide bonds. The molecule has 1 aliphatic heterocycles. The monoisotopic (exact) mass is 318 g/mol. The van der Waals surface area contributed by atoms with Crippen molar-refractivity contribution in [3.05, 3.63) is 24.3 Å². The van der Waals surface area contributed by atoms with E-state index in [4.69, 9.17) is 0 Å². The van der Waals surface area contributed by atoms with Crippen LogP contribution in [0.2, 0.25) is 0 Å². The molecule has 108 valence electrons. The number of hydrogen-bond acceptors (Lipinski definition) is 5. The zero-order valence-corrected chi connectivity index (χ0v) is 13.2. The SMILES string of the molecule is CN1CCC(CSc2nnc3sc4ccccc4n23)C1=O. The van der Waals surface area contributed by atoms with Gasteiger partial charge in [-0.1, -0.05) is 35.2 Å². The lowest BCUT2D eigenvalue weighted by atomic mass is 10.1. The first-order chi connectivity index (χ1) is 10.2. The summed E-state index contributed by atoms with van der Waals surface area (Å²) in [6, 6.07) is 8.24. The summed E-state index contributed by atoms with van der Waals surface area (Å²) >= 11 is 3.27. The molecule has 1 saturated heterocycles. The molecule has 1 aliphatic rings. The summed E-state index contributed by atoms with van der Waals surface area (Å²) in [6.07, 6.45) is 0.939. The van der Waals surface area contributed by atoms with Gasteiger partial charge in [-0.25, -0.2) is 0 Å². The summed E-state index contributed by atoms with van der Waals surface area (Å²) in [7, 11) is 1.87. The third kappa shape index (κ3) is 2.11. The normalized spacial score (nSPS) is 19.2. The Bertz CT molecular complexity index is 825. The Morgan fingerprint density at radius 2 is 2.24 bits per heavy atom. The molecule has 21 heavy (non-hydrogen) atoms. The van der Waals surface area contributed by atoms with Gasteiger partial charge in [-0.15, -0.1) is 10.2 Å². The topological polar surface area (TPSA) is 50.5 Å². The summed E-state index contributed by atoms with van der Waals surface area (Å²) < 4.78 is 3.30. The first kappa shape index (κ1) is 13.1. The van der Waals surface area contributed by atoms with E-state index in [9.17, 15) is 4.79 Å². The quantitative estimate of drug-likeness (QED) is 0.696. The minimum Gasteiger partial charge on any atom is -0.345 e. The van der Waals surface area contributed by atoms with E-state index in [0.717, 1.165) is 34.4 Å². The van der Waals surface area contributed by atoms with Crippen LogP contribution in [0.4, 0.5) is 0 Å². The first-order valence-electron chi connectivity index (χ1n) is 6.84. The molecular weight excluding hydrogens is 304 g/mol. The summed E-state index contributed by atoms with van der Waals surface area (Å²) in [5.41, 5.74) is 1.14. The van der Waals surface area contributed by atoms with Crippen molar-refractivity contribution in [1.82, 2.24) is 19.5 Å². The number of likely N-dealkylation sites (tertiary alicyclic amines) is 1. The van der Waals surface area contributed by atoms with Crippen LogP contribution in [0.5, 0.6) is 0 Å². The highest BCUT2D eigenvalue weighted by molar-refractivity contribution is 7.99. The van der Waals surface area contributed by atoms with Crippen LogP contribution in [0.1, 0.15) is 6.42 Å². The molecule has 0 N–H and O–H groups in total. The molecule has 3 heterocycles. The van der Waals surface area contributed by atoms with E-state index in [0.29, 0.717) is 0 Å². The van der Waals surface area contributed by atoms with E-state index < -0.39 is 0 Å². The molecular formula is C14H14N4OS2. The number of fused-ring (bicyclic) bond motifs is 3. The van der Waals surface area contributed by atoms with Crippen molar-refractivity contribution in [3.63, 3.8) is 0 Å². The average Bonchev–Trinajstić information content (AvgIpc) is 3.13. The Hall–Kier alpha value is -1.60. The highest BCUT2D eigenvalue weighted by Crippen LogP contribution is 2.31. The van der Waals surface area contributed by atoms with Crippen LogP contribution < -0.4 is 0 Å². The third-order valence-electron chi connectivity index (χ3n) is 3.86. The Kier molecular flexibility index (Phi) is 3.11. The first-order valence-corrected chi connectivity index (χ1v) is 8.64. The maximum absolute atomic E-state index is 12.0. The molecule has 3 aromatic rings. The molecule has 1 aromatic carbocycles. The maximum atomic E-state index is 12.0. The van der Waals surface area contributed by atoms with Crippen LogP contribution in [0.15, 0.2) is 29.4 Å². The van der Waals surface area contributed by atoms with Gasteiger partial charge in [-0.3, -0.25) is 9.20 Å². The molecule has 1 unspecified atom stereocenters. The van der Waals surface area contributed by atoms with Crippen molar-refractivity contribution in [2.24, 2.45) is 5.92 Å². The van der Waals surface area contributed by atoms with E-state index in [1.54, 1.807) is 23.1 Å². The van der Waals surface area contributed by atoms with Gasteiger partial charge in [0.25, 0.3) is 0 Å². The fourth-order valence-corrected chi connectivity index (χ4v) is 4.77. The smallest absolute Gasteiger partial charge is 0.226 e. The van der Waals surface area contributed by atoms with Crippen LogP contribution in [0.3, 0.4) is 0 Å². The van der Waals surface area contributed by atoms with Crippen molar-refractivity contribution in [2.75, 3.05) is 19.3 Å². The van der Waals surface area contributed by atoms with Gasteiger partial charge in [0.2, 0.25) is 10.9 Å². The Morgan fingerprint density at radius 1 is 1.38 bits per heavy atom. The third-order valence-corrected chi connectivity index (χ3v) is 5.97. The maximum Gasteiger partial charge on any atom is 0.226 e. The van der Waals surface area contributed by atoms with Crippen molar-refractivity contribution < 1.29 is 4.79 Å². The summed E-state index contributed by atoms with van der Waals surface area (Å²) in [4.78, 5) is 14.7. The zero-order chi connectivity index (χ0) is 14.4. The molecule has 1 atom stereocenters. The Morgan fingerprint density at radius 3 is 3.05 bits per heavy atom. The van der Waals surface area contributed by atoms with Gasteiger partial charge in [-0.2, -0.15) is 0 Å². The molecule has 0 saturated carbocycles. The van der Waals surface area contributed by atoms with Gasteiger partial charge in [-0.05, 0) is 18.6 Å². The van der Waals surface area contributed by atoms with Gasteiger partial charge in [0, 0.05) is 25.3 Å². The lowest BCUT2D eigenvalue weighted by Gasteiger charge is -2.09. The minimum absolute atomic E-state index is 0.109. The number of benzene rings is 1. The largest absolute Gasteiger partial charge is 0.345 e. The molecule has 5 nitrogen and oxygen atoms in total. The van der Waals surface area contributed by atoms with Crippen LogP contribution in [-0.2, 0) is 4.79 Å². The molecule has 1 fully saturated rings. The fraction of sp³-hybridized carbons (Fsp3) is 0.357. The van der Waals surface area contributed by atoms with Crippen molar-refractivity contribution in [3.8, 4) is 0 Å². The number of thiazole rings is 1. The van der Waals surface area contributed by atoms with Gasteiger partial charge in [0.1, 0.15) is 0 Å². The van der Waals surface area contributed by atoms with Gasteiger partial charge in [0.05, 0.1) is 10.2 Å². The van der Waals surface area contributed by atoms with Crippen molar-refractivity contribution >= 4 is 44.2 Å². The molecule has 0 bridgehead atoms. The fourth-order valence-electron chi connectivity index (χ4n) is 2.67. The van der Waals surface area contributed by atoms with E-state index in [1.165, 1.54) is 4.70 Å². The minimum atomic E-state index is 0.109. The second-order valence-electron chi connectivity index (χ2n) is 5.23. The number of carbonyl (C=O) groups excluding carboxylic acids is 1. The van der Waals surface area contributed by atoms with E-state index in [-0.39, 0.29) is 11.8 Å². The number of rotatable bonds is 3.